The molecule has 0 bridgehead atoms. The summed E-state index contributed by atoms with van der Waals surface area (Å²) in [4.78, 5) is 36.0. The molecule has 0 aliphatic carbocycles. The summed E-state index contributed by atoms with van der Waals surface area (Å²) in [6, 6.07) is 22.1. The Balaban J connectivity index is 1.50. The van der Waals surface area contributed by atoms with Gasteiger partial charge in [0.1, 0.15) is 11.5 Å². The predicted octanol–water partition coefficient (Wildman–Crippen LogP) is 4.88. The number of amides is 2. The molecule has 0 aromatic heterocycles. The smallest absolute Gasteiger partial charge is 0.493 e. The van der Waals surface area contributed by atoms with Crippen molar-refractivity contribution in [2.45, 2.75) is 13.3 Å². The summed E-state index contributed by atoms with van der Waals surface area (Å²) in [5.41, 5.74) is 1.44. The maximum absolute atomic E-state index is 12.5. The number of nitrogens with one attached hydrogen (secondary N) is 2. The molecule has 0 heterocycles. The largest absolute Gasteiger partial charge is 0.513 e. The first kappa shape index (κ1) is 23.3. The van der Waals surface area contributed by atoms with Crippen molar-refractivity contribution >= 4 is 29.3 Å². The van der Waals surface area contributed by atoms with Gasteiger partial charge in [-0.25, -0.2) is 4.79 Å². The molecule has 0 atom stereocenters. The molecule has 8 nitrogen and oxygen atoms in total. The third-order valence-electron chi connectivity index (χ3n) is 4.33. The topological polar surface area (TPSA) is 103 Å². The fraction of sp³-hybridized carbons (Fsp3) is 0.160. The van der Waals surface area contributed by atoms with E-state index in [-0.39, 0.29) is 37.2 Å². The number of para-hydroxylation sites is 1. The summed E-state index contributed by atoms with van der Waals surface area (Å²) < 4.78 is 15.2. The van der Waals surface area contributed by atoms with Crippen LogP contribution in [0.3, 0.4) is 0 Å². The van der Waals surface area contributed by atoms with E-state index in [4.69, 9.17) is 14.2 Å². The molecule has 0 saturated heterocycles. The van der Waals surface area contributed by atoms with Gasteiger partial charge in [-0.2, -0.15) is 0 Å². The number of benzene rings is 3. The second-order valence-corrected chi connectivity index (χ2v) is 6.80. The van der Waals surface area contributed by atoms with Crippen molar-refractivity contribution in [2.75, 3.05) is 23.8 Å². The van der Waals surface area contributed by atoms with E-state index in [2.05, 4.69) is 10.6 Å². The van der Waals surface area contributed by atoms with E-state index in [9.17, 15) is 14.4 Å². The molecule has 8 heteroatoms. The highest BCUT2D eigenvalue weighted by molar-refractivity contribution is 6.04. The molecule has 2 amide bonds. The number of hydrogen-bond acceptors (Lipinski definition) is 6. The van der Waals surface area contributed by atoms with Crippen molar-refractivity contribution in [3.8, 4) is 11.5 Å². The molecular formula is C25H24N2O6. The van der Waals surface area contributed by atoms with E-state index in [1.807, 2.05) is 30.3 Å². The van der Waals surface area contributed by atoms with Crippen molar-refractivity contribution in [3.05, 3.63) is 84.4 Å². The number of rotatable bonds is 9. The lowest BCUT2D eigenvalue weighted by molar-refractivity contribution is -0.116. The quantitative estimate of drug-likeness (QED) is 0.357. The number of anilines is 2. The Morgan fingerprint density at radius 1 is 0.788 bits per heavy atom. The second kappa shape index (κ2) is 11.9. The van der Waals surface area contributed by atoms with Gasteiger partial charge in [-0.1, -0.05) is 24.3 Å². The third kappa shape index (κ3) is 7.70. The Hall–Kier alpha value is -4.33. The van der Waals surface area contributed by atoms with Gasteiger partial charge < -0.3 is 24.8 Å². The fourth-order valence-corrected chi connectivity index (χ4v) is 2.80. The zero-order chi connectivity index (χ0) is 23.5. The highest BCUT2D eigenvalue weighted by Crippen LogP contribution is 2.18. The van der Waals surface area contributed by atoms with Crippen LogP contribution in [-0.4, -0.2) is 31.2 Å². The maximum atomic E-state index is 12.5. The molecule has 0 aliphatic rings. The van der Waals surface area contributed by atoms with Crippen LogP contribution >= 0.6 is 0 Å². The Bertz CT molecular complexity index is 1080. The van der Waals surface area contributed by atoms with Gasteiger partial charge in [-0.05, 0) is 61.5 Å². The lowest BCUT2D eigenvalue weighted by Gasteiger charge is -2.10. The Morgan fingerprint density at radius 2 is 1.48 bits per heavy atom. The first-order valence-corrected chi connectivity index (χ1v) is 10.4. The van der Waals surface area contributed by atoms with E-state index < -0.39 is 6.16 Å². The summed E-state index contributed by atoms with van der Waals surface area (Å²) in [5.74, 6) is 0.422. The number of hydrogen-bond donors (Lipinski definition) is 2. The molecule has 0 saturated carbocycles. The zero-order valence-corrected chi connectivity index (χ0v) is 18.1. The minimum Gasteiger partial charge on any atom is -0.493 e. The van der Waals surface area contributed by atoms with Crippen LogP contribution in [0.25, 0.3) is 0 Å². The Morgan fingerprint density at radius 3 is 2.18 bits per heavy atom. The SMILES string of the molecule is CCOC(=O)Oc1ccc(C(=O)Nc2cccc(NC(=O)CCOc3ccccc3)c2)cc1. The summed E-state index contributed by atoms with van der Waals surface area (Å²) in [6.45, 7) is 2.14. The van der Waals surface area contributed by atoms with Gasteiger partial charge in [0.15, 0.2) is 0 Å². The van der Waals surface area contributed by atoms with Crippen LogP contribution in [0.4, 0.5) is 16.2 Å². The van der Waals surface area contributed by atoms with Crippen LogP contribution in [0.1, 0.15) is 23.7 Å². The number of carbonyl (C=O) groups is 3. The molecule has 3 aromatic carbocycles. The molecule has 0 aliphatic heterocycles. The monoisotopic (exact) mass is 448 g/mol. The van der Waals surface area contributed by atoms with E-state index >= 15 is 0 Å². The first-order valence-electron chi connectivity index (χ1n) is 10.4. The zero-order valence-electron chi connectivity index (χ0n) is 18.1. The van der Waals surface area contributed by atoms with Crippen molar-refractivity contribution in [3.63, 3.8) is 0 Å². The molecule has 170 valence electrons. The molecular weight excluding hydrogens is 424 g/mol. The van der Waals surface area contributed by atoms with Crippen LogP contribution in [-0.2, 0) is 9.53 Å². The van der Waals surface area contributed by atoms with E-state index in [0.717, 1.165) is 0 Å². The highest BCUT2D eigenvalue weighted by Gasteiger charge is 2.10. The predicted molar refractivity (Wildman–Crippen MR) is 124 cm³/mol. The first-order chi connectivity index (χ1) is 16.0. The highest BCUT2D eigenvalue weighted by atomic mass is 16.7. The average Bonchev–Trinajstić information content (AvgIpc) is 2.80. The number of carbonyl (C=O) groups excluding carboxylic acids is 3. The van der Waals surface area contributed by atoms with Crippen LogP contribution in [0.5, 0.6) is 11.5 Å². The minimum absolute atomic E-state index is 0.186. The fourth-order valence-electron chi connectivity index (χ4n) is 2.80. The van der Waals surface area contributed by atoms with E-state index in [0.29, 0.717) is 22.7 Å². The molecule has 2 N–H and O–H groups in total. The molecule has 33 heavy (non-hydrogen) atoms. The van der Waals surface area contributed by atoms with Crippen molar-refractivity contribution < 1.29 is 28.6 Å². The van der Waals surface area contributed by atoms with E-state index in [1.165, 1.54) is 24.3 Å². The lowest BCUT2D eigenvalue weighted by atomic mass is 10.2. The summed E-state index contributed by atoms with van der Waals surface area (Å²) in [7, 11) is 0. The Kier molecular flexibility index (Phi) is 8.41. The molecule has 0 fully saturated rings. The van der Waals surface area contributed by atoms with Gasteiger partial charge >= 0.3 is 6.16 Å². The van der Waals surface area contributed by atoms with Gasteiger partial charge in [0.25, 0.3) is 5.91 Å². The molecule has 3 rings (SSSR count). The average molecular weight is 448 g/mol. The minimum atomic E-state index is -0.805. The second-order valence-electron chi connectivity index (χ2n) is 6.80. The van der Waals surface area contributed by atoms with Crippen molar-refractivity contribution in [2.24, 2.45) is 0 Å². The molecule has 0 unspecified atom stereocenters. The van der Waals surface area contributed by atoms with Crippen molar-refractivity contribution in [1.82, 2.24) is 0 Å². The van der Waals surface area contributed by atoms with Crippen LogP contribution < -0.4 is 20.1 Å². The van der Waals surface area contributed by atoms with Crippen molar-refractivity contribution in [1.29, 1.82) is 0 Å². The van der Waals surface area contributed by atoms with Gasteiger partial charge in [-0.3, -0.25) is 9.59 Å². The summed E-state index contributed by atoms with van der Waals surface area (Å²) >= 11 is 0. The standard InChI is InChI=1S/C25H24N2O6/c1-2-31-25(30)33-22-13-11-18(12-14-22)24(29)27-20-8-6-7-19(17-20)26-23(28)15-16-32-21-9-4-3-5-10-21/h3-14,17H,2,15-16H2,1H3,(H,26,28)(H,27,29). The van der Waals surface area contributed by atoms with Gasteiger partial charge in [0.2, 0.25) is 5.91 Å². The molecule has 0 radical (unpaired) electrons. The van der Waals surface area contributed by atoms with Gasteiger partial charge in [-0.15, -0.1) is 0 Å². The number of ether oxygens (including phenoxy) is 3. The lowest BCUT2D eigenvalue weighted by Crippen LogP contribution is -2.16. The van der Waals surface area contributed by atoms with Gasteiger partial charge in [0.05, 0.1) is 19.6 Å². The summed E-state index contributed by atoms with van der Waals surface area (Å²) in [6.07, 6.45) is -0.619. The maximum Gasteiger partial charge on any atom is 0.513 e. The normalized spacial score (nSPS) is 10.1. The molecule has 0 spiro atoms. The third-order valence-corrected chi connectivity index (χ3v) is 4.33. The van der Waals surface area contributed by atoms with Crippen LogP contribution in [0.15, 0.2) is 78.9 Å². The van der Waals surface area contributed by atoms with Crippen LogP contribution in [0.2, 0.25) is 0 Å². The summed E-state index contributed by atoms with van der Waals surface area (Å²) in [5, 5.41) is 5.56. The van der Waals surface area contributed by atoms with Crippen LogP contribution in [0, 0.1) is 0 Å². The molecule has 3 aromatic rings. The van der Waals surface area contributed by atoms with Gasteiger partial charge in [0, 0.05) is 16.9 Å². The van der Waals surface area contributed by atoms with E-state index in [1.54, 1.807) is 31.2 Å². The Labute approximate surface area is 191 Å².